The lowest BCUT2D eigenvalue weighted by Crippen LogP contribution is -2.30. The molecule has 2 rings (SSSR count). The van der Waals surface area contributed by atoms with E-state index in [9.17, 15) is 14.4 Å². The Morgan fingerprint density at radius 3 is 1.55 bits per heavy atom. The van der Waals surface area contributed by atoms with Crippen LogP contribution in [0.25, 0.3) is 12.2 Å². The lowest BCUT2D eigenvalue weighted by Gasteiger charge is -2.17. The average Bonchev–Trinajstić information content (AvgIpc) is 2.80. The first kappa shape index (κ1) is 25.4. The number of ketones is 2. The molecule has 0 spiro atoms. The maximum absolute atomic E-state index is 12.8. The lowest BCUT2D eigenvalue weighted by molar-refractivity contribution is -0.133. The lowest BCUT2D eigenvalue weighted by atomic mass is 9.82. The van der Waals surface area contributed by atoms with E-state index in [1.807, 2.05) is 0 Å². The second kappa shape index (κ2) is 11.1. The molecule has 0 saturated carbocycles. The molecule has 0 fully saturated rings. The third-order valence-electron chi connectivity index (χ3n) is 4.94. The molecule has 174 valence electrons. The van der Waals surface area contributed by atoms with E-state index in [1.165, 1.54) is 33.3 Å². The Labute approximate surface area is 193 Å². The molecule has 0 unspecified atom stereocenters. The summed E-state index contributed by atoms with van der Waals surface area (Å²) in [7, 11) is 4.53. The van der Waals surface area contributed by atoms with Crippen molar-refractivity contribution in [3.05, 3.63) is 59.7 Å². The summed E-state index contributed by atoms with van der Waals surface area (Å²) in [5.74, 6) is 0.604. The zero-order valence-electron chi connectivity index (χ0n) is 19.6. The van der Waals surface area contributed by atoms with Gasteiger partial charge in [0.15, 0.2) is 34.6 Å². The Morgan fingerprint density at radius 1 is 0.697 bits per heavy atom. The van der Waals surface area contributed by atoms with Crippen molar-refractivity contribution in [3.63, 3.8) is 0 Å². The summed E-state index contributed by atoms with van der Waals surface area (Å²) < 4.78 is 20.8. The van der Waals surface area contributed by atoms with E-state index in [1.54, 1.807) is 69.5 Å². The summed E-state index contributed by atoms with van der Waals surface area (Å²) in [5, 5.41) is 0. The fraction of sp³-hybridized carbons (Fsp3) is 0.269. The van der Waals surface area contributed by atoms with Crippen LogP contribution in [0.4, 0.5) is 0 Å². The predicted molar refractivity (Wildman–Crippen MR) is 126 cm³/mol. The second-order valence-electron chi connectivity index (χ2n) is 7.64. The molecule has 33 heavy (non-hydrogen) atoms. The largest absolute Gasteiger partial charge is 0.493 e. The summed E-state index contributed by atoms with van der Waals surface area (Å²) in [6.45, 7) is 4.45. The number of rotatable bonds is 10. The van der Waals surface area contributed by atoms with Crippen LogP contribution in [0.3, 0.4) is 0 Å². The van der Waals surface area contributed by atoms with E-state index >= 15 is 0 Å². The molecule has 0 heterocycles. The Bertz CT molecular complexity index is 1090. The first-order chi connectivity index (χ1) is 15.6. The molecule has 0 aliphatic rings. The number of benzene rings is 2. The van der Waals surface area contributed by atoms with Gasteiger partial charge in [-0.3, -0.25) is 14.4 Å². The maximum atomic E-state index is 12.8. The first-order valence-electron chi connectivity index (χ1n) is 10.2. The van der Waals surface area contributed by atoms with Gasteiger partial charge in [-0.2, -0.15) is 0 Å². The van der Waals surface area contributed by atoms with Crippen LogP contribution in [0.1, 0.15) is 31.9 Å². The number of hydrogen-bond donors (Lipinski definition) is 0. The van der Waals surface area contributed by atoms with Gasteiger partial charge in [0.05, 0.1) is 26.7 Å². The Morgan fingerprint density at radius 2 is 1.12 bits per heavy atom. The van der Waals surface area contributed by atoms with Gasteiger partial charge in [-0.05, 0) is 61.4 Å². The van der Waals surface area contributed by atoms with E-state index in [-0.39, 0.29) is 17.3 Å². The van der Waals surface area contributed by atoms with Crippen molar-refractivity contribution < 1.29 is 33.3 Å². The highest BCUT2D eigenvalue weighted by atomic mass is 16.6. The van der Waals surface area contributed by atoms with E-state index in [2.05, 4.69) is 0 Å². The Balaban J connectivity index is 2.15. The van der Waals surface area contributed by atoms with E-state index in [0.717, 1.165) is 5.56 Å². The van der Waals surface area contributed by atoms with Crippen molar-refractivity contribution >= 4 is 29.7 Å². The van der Waals surface area contributed by atoms with E-state index in [4.69, 9.17) is 18.9 Å². The highest BCUT2D eigenvalue weighted by Crippen LogP contribution is 2.30. The summed E-state index contributed by atoms with van der Waals surface area (Å²) in [6.07, 6.45) is 5.93. The summed E-state index contributed by atoms with van der Waals surface area (Å²) in [5.41, 5.74) is 0.130. The molecule has 0 N–H and O–H groups in total. The minimum absolute atomic E-state index is 0.282. The third-order valence-corrected chi connectivity index (χ3v) is 4.94. The molecule has 2 aromatic rings. The predicted octanol–water partition coefficient (Wildman–Crippen LogP) is 4.53. The number of carbonyl (C=O) groups is 3. The van der Waals surface area contributed by atoms with Crippen molar-refractivity contribution in [2.75, 3.05) is 21.3 Å². The molecular formula is C26H28O7. The van der Waals surface area contributed by atoms with Crippen molar-refractivity contribution in [2.45, 2.75) is 20.8 Å². The minimum atomic E-state index is -1.26. The number of esters is 1. The topological polar surface area (TPSA) is 88.1 Å². The average molecular weight is 453 g/mol. The molecule has 2 aromatic carbocycles. The van der Waals surface area contributed by atoms with Crippen LogP contribution in [0.5, 0.6) is 23.0 Å². The van der Waals surface area contributed by atoms with E-state index in [0.29, 0.717) is 22.8 Å². The zero-order chi connectivity index (χ0) is 24.6. The van der Waals surface area contributed by atoms with Gasteiger partial charge in [0.2, 0.25) is 0 Å². The summed E-state index contributed by atoms with van der Waals surface area (Å²) in [6, 6.07) is 10.1. The molecule has 7 nitrogen and oxygen atoms in total. The van der Waals surface area contributed by atoms with Crippen molar-refractivity contribution in [2.24, 2.45) is 5.41 Å². The summed E-state index contributed by atoms with van der Waals surface area (Å²) >= 11 is 0. The number of allylic oxidation sites excluding steroid dienone is 2. The molecule has 7 heteroatoms. The van der Waals surface area contributed by atoms with E-state index < -0.39 is 11.4 Å². The van der Waals surface area contributed by atoms with Gasteiger partial charge in [-0.1, -0.05) is 24.3 Å². The van der Waals surface area contributed by atoms with Crippen LogP contribution in [0, 0.1) is 5.41 Å². The van der Waals surface area contributed by atoms with Crippen molar-refractivity contribution in [1.29, 1.82) is 0 Å². The molecule has 0 saturated heterocycles. The van der Waals surface area contributed by atoms with Gasteiger partial charge >= 0.3 is 5.97 Å². The van der Waals surface area contributed by atoms with Gasteiger partial charge in [0.25, 0.3) is 0 Å². The highest BCUT2D eigenvalue weighted by Gasteiger charge is 2.32. The van der Waals surface area contributed by atoms with Crippen LogP contribution < -0.4 is 18.9 Å². The Kier molecular flexibility index (Phi) is 8.56. The third kappa shape index (κ3) is 6.55. The summed E-state index contributed by atoms with van der Waals surface area (Å²) in [4.78, 5) is 36.7. The van der Waals surface area contributed by atoms with Crippen LogP contribution in [-0.4, -0.2) is 38.9 Å². The molecule has 0 radical (unpaired) electrons. The Hall–Kier alpha value is -3.87. The maximum Gasteiger partial charge on any atom is 0.308 e. The van der Waals surface area contributed by atoms with Gasteiger partial charge in [-0.15, -0.1) is 0 Å². The van der Waals surface area contributed by atoms with Gasteiger partial charge in [-0.25, -0.2) is 0 Å². The molecule has 0 aliphatic carbocycles. The smallest absolute Gasteiger partial charge is 0.308 e. The molecule has 0 amide bonds. The number of methoxy groups -OCH3 is 3. The molecule has 0 atom stereocenters. The fourth-order valence-corrected chi connectivity index (χ4v) is 2.87. The standard InChI is InChI=1S/C26H28O7/c1-17(27)33-21-12-8-19(16-23(21)32-6)10-14-25(29)26(2,3)24(28)13-9-18-7-11-20(30-4)22(15-18)31-5/h7-16H,1-6H3. The number of ether oxygens (including phenoxy) is 4. The molecule has 0 bridgehead atoms. The molecule has 0 aromatic heterocycles. The minimum Gasteiger partial charge on any atom is -0.493 e. The van der Waals surface area contributed by atoms with Crippen LogP contribution >= 0.6 is 0 Å². The molecular weight excluding hydrogens is 424 g/mol. The normalized spacial score (nSPS) is 11.5. The van der Waals surface area contributed by atoms with Crippen LogP contribution in [0.15, 0.2) is 48.6 Å². The van der Waals surface area contributed by atoms with Crippen LogP contribution in [0.2, 0.25) is 0 Å². The molecule has 0 aliphatic heterocycles. The number of hydrogen-bond acceptors (Lipinski definition) is 7. The first-order valence-corrected chi connectivity index (χ1v) is 10.2. The van der Waals surface area contributed by atoms with Gasteiger partial charge in [0.1, 0.15) is 0 Å². The van der Waals surface area contributed by atoms with Gasteiger partial charge < -0.3 is 18.9 Å². The van der Waals surface area contributed by atoms with Crippen LogP contribution in [-0.2, 0) is 14.4 Å². The highest BCUT2D eigenvalue weighted by molar-refractivity contribution is 6.16. The van der Waals surface area contributed by atoms with Crippen molar-refractivity contribution in [3.8, 4) is 23.0 Å². The zero-order valence-corrected chi connectivity index (χ0v) is 19.6. The fourth-order valence-electron chi connectivity index (χ4n) is 2.87. The SMILES string of the molecule is COc1ccc(C=CC(=O)C(C)(C)C(=O)C=Cc2ccc(OC(C)=O)c(OC)c2)cc1OC. The van der Waals surface area contributed by atoms with Crippen molar-refractivity contribution in [1.82, 2.24) is 0 Å². The second-order valence-corrected chi connectivity index (χ2v) is 7.64. The monoisotopic (exact) mass is 452 g/mol. The van der Waals surface area contributed by atoms with Gasteiger partial charge in [0, 0.05) is 6.92 Å². The number of carbonyl (C=O) groups excluding carboxylic acids is 3. The quantitative estimate of drug-likeness (QED) is 0.226.